The van der Waals surface area contributed by atoms with Gasteiger partial charge >= 0.3 is 6.03 Å². The van der Waals surface area contributed by atoms with Crippen LogP contribution >= 0.6 is 0 Å². The number of anilines is 2. The molecule has 0 unspecified atom stereocenters. The van der Waals surface area contributed by atoms with Gasteiger partial charge in [0.15, 0.2) is 0 Å². The number of hydrogen-bond acceptors (Lipinski definition) is 2. The topological polar surface area (TPSA) is 67.2 Å². The number of rotatable bonds is 3. The summed E-state index contributed by atoms with van der Waals surface area (Å²) < 4.78 is 0. The Morgan fingerprint density at radius 2 is 2.05 bits per heavy atom. The van der Waals surface area contributed by atoms with Gasteiger partial charge in [0.1, 0.15) is 0 Å². The van der Waals surface area contributed by atoms with Crippen LogP contribution in [0.4, 0.5) is 16.2 Å². The van der Waals surface area contributed by atoms with E-state index >= 15 is 0 Å². The van der Waals surface area contributed by atoms with Crippen molar-refractivity contribution in [3.63, 3.8) is 0 Å². The predicted molar refractivity (Wildman–Crippen MR) is 79.3 cm³/mol. The van der Waals surface area contributed by atoms with E-state index in [9.17, 15) is 4.79 Å². The van der Waals surface area contributed by atoms with Gasteiger partial charge in [-0.15, -0.1) is 0 Å². The Balaban J connectivity index is 1.89. The van der Waals surface area contributed by atoms with E-state index in [2.05, 4.69) is 17.6 Å². The molecule has 0 bridgehead atoms. The first kappa shape index (κ1) is 13.7. The minimum Gasteiger partial charge on any atom is -0.398 e. The number of carbonyl (C=O) groups excluding carboxylic acids is 1. The summed E-state index contributed by atoms with van der Waals surface area (Å²) in [7, 11) is 0. The molecule has 1 aliphatic carbocycles. The van der Waals surface area contributed by atoms with Crippen LogP contribution in [0, 0.1) is 0 Å². The molecule has 0 saturated heterocycles. The second-order valence-electron chi connectivity index (χ2n) is 5.20. The van der Waals surface area contributed by atoms with Crippen LogP contribution in [0.25, 0.3) is 0 Å². The van der Waals surface area contributed by atoms with Gasteiger partial charge in [-0.1, -0.05) is 32.3 Å². The molecule has 0 atom stereocenters. The third kappa shape index (κ3) is 3.88. The fraction of sp³-hybridized carbons (Fsp3) is 0.533. The summed E-state index contributed by atoms with van der Waals surface area (Å²) in [6, 6.07) is 5.87. The first-order chi connectivity index (χ1) is 9.19. The Labute approximate surface area is 114 Å². The van der Waals surface area contributed by atoms with Crippen LogP contribution in [0.3, 0.4) is 0 Å². The molecular formula is C15H23N3O. The monoisotopic (exact) mass is 261 g/mol. The van der Waals surface area contributed by atoms with E-state index in [1.807, 2.05) is 18.2 Å². The highest BCUT2D eigenvalue weighted by Crippen LogP contribution is 2.19. The normalized spacial score (nSPS) is 16.1. The van der Waals surface area contributed by atoms with E-state index in [-0.39, 0.29) is 6.03 Å². The van der Waals surface area contributed by atoms with Crippen molar-refractivity contribution >= 4 is 17.4 Å². The van der Waals surface area contributed by atoms with E-state index in [0.29, 0.717) is 6.04 Å². The molecule has 1 aliphatic rings. The number of benzene rings is 1. The molecule has 4 heteroatoms. The molecule has 0 spiro atoms. The number of hydrogen-bond donors (Lipinski definition) is 3. The second-order valence-corrected chi connectivity index (χ2v) is 5.20. The van der Waals surface area contributed by atoms with Gasteiger partial charge in [-0.3, -0.25) is 0 Å². The van der Waals surface area contributed by atoms with Gasteiger partial charge in [0.25, 0.3) is 0 Å². The van der Waals surface area contributed by atoms with E-state index in [1.165, 1.54) is 19.3 Å². The minimum atomic E-state index is -0.129. The zero-order valence-corrected chi connectivity index (χ0v) is 11.5. The lowest BCUT2D eigenvalue weighted by Crippen LogP contribution is -2.39. The SMILES string of the molecule is CCc1ccc(NC(=O)NC2CCCCC2)cc1N. The number of nitrogens with two attached hydrogens (primary N) is 1. The third-order valence-corrected chi connectivity index (χ3v) is 3.73. The van der Waals surface area contributed by atoms with Crippen LogP contribution in [0.1, 0.15) is 44.6 Å². The van der Waals surface area contributed by atoms with E-state index in [4.69, 9.17) is 5.73 Å². The molecule has 0 radical (unpaired) electrons. The lowest BCUT2D eigenvalue weighted by atomic mass is 9.96. The number of nitrogens with one attached hydrogen (secondary N) is 2. The summed E-state index contributed by atoms with van der Waals surface area (Å²) >= 11 is 0. The zero-order chi connectivity index (χ0) is 13.7. The maximum Gasteiger partial charge on any atom is 0.319 e. The Morgan fingerprint density at radius 1 is 1.32 bits per heavy atom. The largest absolute Gasteiger partial charge is 0.398 e. The molecule has 0 aromatic heterocycles. The molecular weight excluding hydrogens is 238 g/mol. The summed E-state index contributed by atoms with van der Waals surface area (Å²) in [4.78, 5) is 11.9. The van der Waals surface area contributed by atoms with Gasteiger partial charge in [-0.25, -0.2) is 4.79 Å². The van der Waals surface area contributed by atoms with Crippen LogP contribution in [-0.2, 0) is 6.42 Å². The molecule has 1 saturated carbocycles. The number of carbonyl (C=O) groups is 1. The molecule has 1 fully saturated rings. The average Bonchev–Trinajstić information content (AvgIpc) is 2.40. The molecule has 4 N–H and O–H groups in total. The minimum absolute atomic E-state index is 0.129. The zero-order valence-electron chi connectivity index (χ0n) is 11.5. The molecule has 104 valence electrons. The fourth-order valence-corrected chi connectivity index (χ4v) is 2.59. The second kappa shape index (κ2) is 6.45. The maximum absolute atomic E-state index is 11.9. The Hall–Kier alpha value is -1.71. The average molecular weight is 261 g/mol. The van der Waals surface area contributed by atoms with Gasteiger partial charge in [-0.05, 0) is 37.0 Å². The smallest absolute Gasteiger partial charge is 0.319 e. The quantitative estimate of drug-likeness (QED) is 0.731. The number of aryl methyl sites for hydroxylation is 1. The first-order valence-electron chi connectivity index (χ1n) is 7.15. The third-order valence-electron chi connectivity index (χ3n) is 3.73. The van der Waals surface area contributed by atoms with Crippen LogP contribution in [0.15, 0.2) is 18.2 Å². The molecule has 2 amide bonds. The predicted octanol–water partition coefficient (Wildman–Crippen LogP) is 3.29. The van der Waals surface area contributed by atoms with Crippen molar-refractivity contribution < 1.29 is 4.79 Å². The van der Waals surface area contributed by atoms with Crippen molar-refractivity contribution in [3.05, 3.63) is 23.8 Å². The molecule has 0 heterocycles. The lowest BCUT2D eigenvalue weighted by Gasteiger charge is -2.23. The number of urea groups is 1. The molecule has 0 aliphatic heterocycles. The fourth-order valence-electron chi connectivity index (χ4n) is 2.59. The van der Waals surface area contributed by atoms with Crippen molar-refractivity contribution in [2.45, 2.75) is 51.5 Å². The summed E-state index contributed by atoms with van der Waals surface area (Å²) in [5.41, 5.74) is 8.52. The van der Waals surface area contributed by atoms with Gasteiger partial charge < -0.3 is 16.4 Å². The molecule has 1 aromatic carbocycles. The van der Waals surface area contributed by atoms with Crippen molar-refractivity contribution in [3.8, 4) is 0 Å². The summed E-state index contributed by atoms with van der Waals surface area (Å²) in [6.07, 6.45) is 6.79. The highest BCUT2D eigenvalue weighted by atomic mass is 16.2. The Kier molecular flexibility index (Phi) is 4.66. The highest BCUT2D eigenvalue weighted by molar-refractivity contribution is 5.90. The molecule has 19 heavy (non-hydrogen) atoms. The molecule has 2 rings (SSSR count). The maximum atomic E-state index is 11.9. The van der Waals surface area contributed by atoms with E-state index in [0.717, 1.165) is 36.2 Å². The highest BCUT2D eigenvalue weighted by Gasteiger charge is 2.15. The standard InChI is InChI=1S/C15H23N3O/c1-2-11-8-9-13(10-14(11)16)18-15(19)17-12-6-4-3-5-7-12/h8-10,12H,2-7,16H2,1H3,(H2,17,18,19). The lowest BCUT2D eigenvalue weighted by molar-refractivity contribution is 0.244. The Bertz CT molecular complexity index is 439. The Morgan fingerprint density at radius 3 is 2.68 bits per heavy atom. The van der Waals surface area contributed by atoms with Crippen molar-refractivity contribution in [2.24, 2.45) is 0 Å². The van der Waals surface area contributed by atoms with Crippen LogP contribution in [0.5, 0.6) is 0 Å². The van der Waals surface area contributed by atoms with Gasteiger partial charge in [0.05, 0.1) is 0 Å². The van der Waals surface area contributed by atoms with Crippen LogP contribution in [0.2, 0.25) is 0 Å². The van der Waals surface area contributed by atoms with Gasteiger partial charge in [0, 0.05) is 17.4 Å². The van der Waals surface area contributed by atoms with Gasteiger partial charge in [0.2, 0.25) is 0 Å². The van der Waals surface area contributed by atoms with Gasteiger partial charge in [-0.2, -0.15) is 0 Å². The molecule has 4 nitrogen and oxygen atoms in total. The van der Waals surface area contributed by atoms with Crippen molar-refractivity contribution in [1.82, 2.24) is 5.32 Å². The summed E-state index contributed by atoms with van der Waals surface area (Å²) in [6.45, 7) is 2.06. The number of amides is 2. The van der Waals surface area contributed by atoms with Crippen LogP contribution < -0.4 is 16.4 Å². The first-order valence-corrected chi connectivity index (χ1v) is 7.15. The van der Waals surface area contributed by atoms with E-state index < -0.39 is 0 Å². The van der Waals surface area contributed by atoms with Crippen molar-refractivity contribution in [2.75, 3.05) is 11.1 Å². The summed E-state index contributed by atoms with van der Waals surface area (Å²) in [5, 5.41) is 5.88. The van der Waals surface area contributed by atoms with Crippen LogP contribution in [-0.4, -0.2) is 12.1 Å². The summed E-state index contributed by atoms with van der Waals surface area (Å²) in [5.74, 6) is 0. The molecule has 1 aromatic rings. The van der Waals surface area contributed by atoms with E-state index in [1.54, 1.807) is 0 Å². The van der Waals surface area contributed by atoms with Crippen molar-refractivity contribution in [1.29, 1.82) is 0 Å². The number of nitrogen functional groups attached to an aromatic ring is 1.